The summed E-state index contributed by atoms with van der Waals surface area (Å²) in [6, 6.07) is 16.1. The van der Waals surface area contributed by atoms with E-state index >= 15 is 0 Å². The fourth-order valence-corrected chi connectivity index (χ4v) is 2.35. The number of anilines is 1. The van der Waals surface area contributed by atoms with E-state index in [1.807, 2.05) is 48.5 Å². The molecule has 0 bridgehead atoms. The zero-order chi connectivity index (χ0) is 13.2. The lowest BCUT2D eigenvalue weighted by Gasteiger charge is -2.19. The molecule has 0 aromatic heterocycles. The van der Waals surface area contributed by atoms with E-state index in [-0.39, 0.29) is 5.91 Å². The van der Waals surface area contributed by atoms with Crippen molar-refractivity contribution >= 4 is 31.0 Å². The number of hydrogen-bond acceptors (Lipinski definition) is 1. The second-order valence-corrected chi connectivity index (χ2v) is 4.87. The van der Waals surface area contributed by atoms with E-state index in [1.165, 1.54) is 11.0 Å². The molecule has 3 heteroatoms. The monoisotopic (exact) mass is 247 g/mol. The lowest BCUT2D eigenvalue weighted by Crippen LogP contribution is -2.23. The summed E-state index contributed by atoms with van der Waals surface area (Å²) in [4.78, 5) is 12.1. The third kappa shape index (κ3) is 2.45. The molecule has 1 aliphatic heterocycles. The Morgan fingerprint density at radius 2 is 1.89 bits per heavy atom. The summed E-state index contributed by atoms with van der Waals surface area (Å²) in [5.41, 5.74) is 5.20. The number of nitrogens with one attached hydrogen (secondary N) is 1. The first-order valence-corrected chi connectivity index (χ1v) is 6.39. The number of carbonyl (C=O) groups excluding carboxylic acids is 1. The molecule has 1 heterocycles. The molecular weight excluding hydrogens is 233 g/mol. The summed E-state index contributed by atoms with van der Waals surface area (Å²) >= 11 is 0. The molecule has 0 radical (unpaired) electrons. The average molecular weight is 247 g/mol. The van der Waals surface area contributed by atoms with E-state index in [1.54, 1.807) is 0 Å². The van der Waals surface area contributed by atoms with E-state index in [9.17, 15) is 4.79 Å². The highest BCUT2D eigenvalue weighted by Crippen LogP contribution is 2.25. The molecular formula is C16H14BNO. The van der Waals surface area contributed by atoms with Crippen LogP contribution in [0.3, 0.4) is 0 Å². The highest BCUT2D eigenvalue weighted by molar-refractivity contribution is 6.32. The first-order valence-electron chi connectivity index (χ1n) is 6.39. The van der Waals surface area contributed by atoms with Crippen LogP contribution in [0.4, 0.5) is 5.69 Å². The van der Waals surface area contributed by atoms with Crippen molar-refractivity contribution < 1.29 is 4.79 Å². The van der Waals surface area contributed by atoms with Crippen LogP contribution in [0.5, 0.6) is 0 Å². The second kappa shape index (κ2) is 4.77. The number of rotatable bonds is 1. The van der Waals surface area contributed by atoms with Gasteiger partial charge in [-0.1, -0.05) is 47.9 Å². The third-order valence-electron chi connectivity index (χ3n) is 3.32. The van der Waals surface area contributed by atoms with Crippen LogP contribution < -0.4 is 10.8 Å². The fraction of sp³-hybridized carbons (Fsp3) is 0.0625. The minimum absolute atomic E-state index is 0.000191. The molecule has 0 atom stereocenters. The molecule has 0 fully saturated rings. The van der Waals surface area contributed by atoms with Gasteiger partial charge in [-0.2, -0.15) is 0 Å². The Morgan fingerprint density at radius 3 is 2.68 bits per heavy atom. The number of carbonyl (C=O) groups is 1. The molecule has 0 saturated heterocycles. The van der Waals surface area contributed by atoms with Crippen LogP contribution in [0.2, 0.25) is 0 Å². The maximum absolute atomic E-state index is 12.1. The van der Waals surface area contributed by atoms with Gasteiger partial charge in [0.05, 0.1) is 0 Å². The van der Waals surface area contributed by atoms with Crippen molar-refractivity contribution in [2.24, 2.45) is 0 Å². The first-order chi connectivity index (χ1) is 9.22. The third-order valence-corrected chi connectivity index (χ3v) is 3.32. The first kappa shape index (κ1) is 11.8. The predicted molar refractivity (Wildman–Crippen MR) is 81.4 cm³/mol. The van der Waals surface area contributed by atoms with Crippen molar-refractivity contribution in [3.05, 3.63) is 65.2 Å². The summed E-state index contributed by atoms with van der Waals surface area (Å²) in [7, 11) is 2.07. The van der Waals surface area contributed by atoms with E-state index in [0.29, 0.717) is 6.42 Å². The van der Waals surface area contributed by atoms with Gasteiger partial charge < -0.3 is 5.32 Å². The Labute approximate surface area is 113 Å². The summed E-state index contributed by atoms with van der Waals surface area (Å²) in [6.07, 6.45) is 2.65. The highest BCUT2D eigenvalue weighted by Gasteiger charge is 2.19. The van der Waals surface area contributed by atoms with Gasteiger partial charge in [-0.15, -0.1) is 0 Å². The predicted octanol–water partition coefficient (Wildman–Crippen LogP) is 1.52. The summed E-state index contributed by atoms with van der Waals surface area (Å²) in [5, 5.41) is 2.95. The standard InChI is InChI=1S/C16H14BNO/c17-14-6-7-15-12(10-14)9-13(16(19)18-15)8-11-4-2-1-3-5-11/h1-8,10H,9,17H2,(H,18,19)/b13-8+. The second-order valence-electron chi connectivity index (χ2n) is 4.87. The minimum Gasteiger partial charge on any atom is -0.322 e. The summed E-state index contributed by atoms with van der Waals surface area (Å²) in [5.74, 6) is 0.000191. The van der Waals surface area contributed by atoms with E-state index in [2.05, 4.69) is 19.2 Å². The fourth-order valence-electron chi connectivity index (χ4n) is 2.35. The number of benzene rings is 2. The van der Waals surface area contributed by atoms with Crippen LogP contribution in [0.25, 0.3) is 6.08 Å². The van der Waals surface area contributed by atoms with Gasteiger partial charge in [0.1, 0.15) is 7.85 Å². The molecule has 92 valence electrons. The number of fused-ring (bicyclic) bond motifs is 1. The normalized spacial score (nSPS) is 16.0. The lowest BCUT2D eigenvalue weighted by molar-refractivity contribution is -0.113. The van der Waals surface area contributed by atoms with Gasteiger partial charge in [0, 0.05) is 17.7 Å². The van der Waals surface area contributed by atoms with Crippen LogP contribution in [0.15, 0.2) is 54.1 Å². The van der Waals surface area contributed by atoms with E-state index in [4.69, 9.17) is 0 Å². The Hall–Kier alpha value is -2.29. The topological polar surface area (TPSA) is 29.1 Å². The molecule has 0 saturated carbocycles. The molecule has 2 aromatic rings. The average Bonchev–Trinajstić information content (AvgIpc) is 2.41. The van der Waals surface area contributed by atoms with Gasteiger partial charge >= 0.3 is 0 Å². The van der Waals surface area contributed by atoms with Gasteiger partial charge in [0.2, 0.25) is 0 Å². The molecule has 19 heavy (non-hydrogen) atoms. The summed E-state index contributed by atoms with van der Waals surface area (Å²) < 4.78 is 0. The smallest absolute Gasteiger partial charge is 0.251 e. The maximum atomic E-state index is 12.1. The number of hydrogen-bond donors (Lipinski definition) is 1. The molecule has 2 aromatic carbocycles. The van der Waals surface area contributed by atoms with Gasteiger partial charge in [0.15, 0.2) is 0 Å². The Bertz CT molecular complexity index is 662. The van der Waals surface area contributed by atoms with Crippen LogP contribution in [-0.4, -0.2) is 13.8 Å². The molecule has 1 amide bonds. The van der Waals surface area contributed by atoms with Crippen molar-refractivity contribution in [2.75, 3.05) is 5.32 Å². The van der Waals surface area contributed by atoms with Crippen molar-refractivity contribution in [3.8, 4) is 0 Å². The lowest BCUT2D eigenvalue weighted by atomic mass is 9.89. The maximum Gasteiger partial charge on any atom is 0.251 e. The minimum atomic E-state index is 0.000191. The Morgan fingerprint density at radius 1 is 1.11 bits per heavy atom. The Balaban J connectivity index is 1.97. The van der Waals surface area contributed by atoms with Gasteiger partial charge in [-0.05, 0) is 23.3 Å². The zero-order valence-corrected chi connectivity index (χ0v) is 10.8. The summed E-state index contributed by atoms with van der Waals surface area (Å²) in [6.45, 7) is 0. The van der Waals surface area contributed by atoms with Crippen LogP contribution in [0, 0.1) is 0 Å². The highest BCUT2D eigenvalue weighted by atomic mass is 16.1. The van der Waals surface area contributed by atoms with Gasteiger partial charge in [0.25, 0.3) is 5.91 Å². The molecule has 3 rings (SSSR count). The van der Waals surface area contributed by atoms with Crippen LogP contribution >= 0.6 is 0 Å². The Kier molecular flexibility index (Phi) is 2.96. The quantitative estimate of drug-likeness (QED) is 0.600. The van der Waals surface area contributed by atoms with Crippen LogP contribution in [0.1, 0.15) is 11.1 Å². The SMILES string of the molecule is Bc1ccc2c(c1)C/C(=C\c1ccccc1)C(=O)N2. The van der Waals surface area contributed by atoms with Crippen molar-refractivity contribution in [3.63, 3.8) is 0 Å². The van der Waals surface area contributed by atoms with E-state index < -0.39 is 0 Å². The van der Waals surface area contributed by atoms with Crippen LogP contribution in [-0.2, 0) is 11.2 Å². The molecule has 0 aliphatic carbocycles. The van der Waals surface area contributed by atoms with Crippen molar-refractivity contribution in [1.29, 1.82) is 0 Å². The molecule has 0 unspecified atom stereocenters. The van der Waals surface area contributed by atoms with Gasteiger partial charge in [-0.3, -0.25) is 4.79 Å². The zero-order valence-electron chi connectivity index (χ0n) is 10.8. The molecule has 2 nitrogen and oxygen atoms in total. The molecule has 1 aliphatic rings. The molecule has 1 N–H and O–H groups in total. The largest absolute Gasteiger partial charge is 0.322 e. The van der Waals surface area contributed by atoms with Crippen molar-refractivity contribution in [2.45, 2.75) is 6.42 Å². The van der Waals surface area contributed by atoms with Crippen molar-refractivity contribution in [1.82, 2.24) is 0 Å². The molecule has 0 spiro atoms. The van der Waals surface area contributed by atoms with Gasteiger partial charge in [-0.25, -0.2) is 0 Å². The number of amides is 1. The van der Waals surface area contributed by atoms with E-state index in [0.717, 1.165) is 16.8 Å².